The maximum Gasteiger partial charge on any atom is 0.130 e. The molecule has 0 amide bonds. The van der Waals surface area contributed by atoms with Gasteiger partial charge >= 0.3 is 0 Å². The summed E-state index contributed by atoms with van der Waals surface area (Å²) in [6, 6.07) is 0. The first-order valence-electron chi connectivity index (χ1n) is 5.88. The Labute approximate surface area is 91.8 Å². The minimum Gasteiger partial charge on any atom is -0.380 e. The molecule has 2 fully saturated rings. The van der Waals surface area contributed by atoms with Gasteiger partial charge in [0.25, 0.3) is 0 Å². The minimum absolute atomic E-state index is 0.181. The number of ketones is 1. The molecule has 2 aliphatic rings. The van der Waals surface area contributed by atoms with E-state index in [1.165, 1.54) is 19.4 Å². The predicted molar refractivity (Wildman–Crippen MR) is 58.8 cm³/mol. The van der Waals surface area contributed by atoms with Crippen LogP contribution in [0.1, 0.15) is 26.2 Å². The molecule has 0 aromatic rings. The van der Waals surface area contributed by atoms with Crippen molar-refractivity contribution in [1.29, 1.82) is 0 Å². The monoisotopic (exact) mass is 211 g/mol. The summed E-state index contributed by atoms with van der Waals surface area (Å²) in [5.74, 6) is 0.973. The highest BCUT2D eigenvalue weighted by atomic mass is 16.5. The lowest BCUT2D eigenvalue weighted by molar-refractivity contribution is -0.166. The number of piperidine rings is 1. The van der Waals surface area contributed by atoms with Gasteiger partial charge in [0.1, 0.15) is 5.78 Å². The van der Waals surface area contributed by atoms with Gasteiger partial charge in [-0.25, -0.2) is 0 Å². The molecule has 2 heterocycles. The number of rotatable bonds is 3. The van der Waals surface area contributed by atoms with Gasteiger partial charge in [-0.05, 0) is 39.3 Å². The quantitative estimate of drug-likeness (QED) is 0.705. The second-order valence-electron chi connectivity index (χ2n) is 5.34. The molecule has 86 valence electrons. The maximum absolute atomic E-state index is 11.3. The van der Waals surface area contributed by atoms with Crippen molar-refractivity contribution in [3.63, 3.8) is 0 Å². The number of ether oxygens (including phenoxy) is 1. The molecule has 0 aliphatic carbocycles. The van der Waals surface area contributed by atoms with Gasteiger partial charge in [0.05, 0.1) is 13.2 Å². The smallest absolute Gasteiger partial charge is 0.130 e. The molecule has 0 radical (unpaired) electrons. The molecule has 0 aromatic carbocycles. The second kappa shape index (κ2) is 4.22. The third-order valence-electron chi connectivity index (χ3n) is 3.87. The zero-order valence-corrected chi connectivity index (χ0v) is 9.79. The summed E-state index contributed by atoms with van der Waals surface area (Å²) in [5, 5.41) is 0. The normalized spacial score (nSPS) is 30.9. The van der Waals surface area contributed by atoms with Gasteiger partial charge in [0.15, 0.2) is 0 Å². The Bertz CT molecular complexity index is 248. The SMILES string of the molecule is CC(=O)CC1(C2CCCN(C)C2)COC1. The van der Waals surface area contributed by atoms with Gasteiger partial charge in [-0.2, -0.15) is 0 Å². The van der Waals surface area contributed by atoms with E-state index in [1.54, 1.807) is 6.92 Å². The number of likely N-dealkylation sites (tertiary alicyclic amines) is 1. The number of carbonyl (C=O) groups is 1. The van der Waals surface area contributed by atoms with Crippen LogP contribution in [0.5, 0.6) is 0 Å². The third kappa shape index (κ3) is 2.23. The summed E-state index contributed by atoms with van der Waals surface area (Å²) in [6.07, 6.45) is 3.24. The average Bonchev–Trinajstić information content (AvgIpc) is 2.11. The summed E-state index contributed by atoms with van der Waals surface area (Å²) in [6.45, 7) is 5.63. The Morgan fingerprint density at radius 3 is 2.73 bits per heavy atom. The van der Waals surface area contributed by atoms with Crippen LogP contribution in [-0.4, -0.2) is 44.0 Å². The summed E-state index contributed by atoms with van der Waals surface area (Å²) < 4.78 is 5.36. The fourth-order valence-corrected chi connectivity index (χ4v) is 3.01. The summed E-state index contributed by atoms with van der Waals surface area (Å²) in [4.78, 5) is 13.7. The first-order valence-corrected chi connectivity index (χ1v) is 5.88. The lowest BCUT2D eigenvalue weighted by Crippen LogP contribution is -2.54. The molecule has 0 N–H and O–H groups in total. The van der Waals surface area contributed by atoms with Crippen molar-refractivity contribution in [3.8, 4) is 0 Å². The maximum atomic E-state index is 11.3. The van der Waals surface area contributed by atoms with Crippen molar-refractivity contribution in [2.24, 2.45) is 11.3 Å². The first kappa shape index (κ1) is 11.1. The highest BCUT2D eigenvalue weighted by molar-refractivity contribution is 5.76. The van der Waals surface area contributed by atoms with Gasteiger partial charge in [0.2, 0.25) is 0 Å². The molecule has 3 nitrogen and oxygen atoms in total. The number of hydrogen-bond donors (Lipinski definition) is 0. The minimum atomic E-state index is 0.181. The lowest BCUT2D eigenvalue weighted by atomic mass is 9.67. The highest BCUT2D eigenvalue weighted by Gasteiger charge is 2.46. The van der Waals surface area contributed by atoms with Gasteiger partial charge < -0.3 is 14.4 Å². The summed E-state index contributed by atoms with van der Waals surface area (Å²) >= 11 is 0. The van der Waals surface area contributed by atoms with Crippen molar-refractivity contribution >= 4 is 5.78 Å². The molecule has 1 atom stereocenters. The Balaban J connectivity index is 2.01. The molecule has 0 saturated carbocycles. The van der Waals surface area contributed by atoms with Crippen LogP contribution < -0.4 is 0 Å². The summed E-state index contributed by atoms with van der Waals surface area (Å²) in [7, 11) is 2.17. The van der Waals surface area contributed by atoms with E-state index in [0.29, 0.717) is 18.1 Å². The predicted octanol–water partition coefficient (Wildman–Crippen LogP) is 1.32. The van der Waals surface area contributed by atoms with Crippen LogP contribution in [0, 0.1) is 11.3 Å². The van der Waals surface area contributed by atoms with Gasteiger partial charge in [-0.15, -0.1) is 0 Å². The van der Waals surface area contributed by atoms with Crippen LogP contribution in [0.3, 0.4) is 0 Å². The fourth-order valence-electron chi connectivity index (χ4n) is 3.01. The molecule has 2 saturated heterocycles. The van der Waals surface area contributed by atoms with Crippen LogP contribution >= 0.6 is 0 Å². The number of hydrogen-bond acceptors (Lipinski definition) is 3. The standard InChI is InChI=1S/C12H21NO2/c1-10(14)6-12(8-15-9-12)11-4-3-5-13(2)7-11/h11H,3-9H2,1-2H3. The Morgan fingerprint density at radius 2 is 2.27 bits per heavy atom. The molecule has 3 heteroatoms. The van der Waals surface area contributed by atoms with Gasteiger partial charge in [-0.3, -0.25) is 0 Å². The molecule has 1 unspecified atom stereocenters. The van der Waals surface area contributed by atoms with E-state index in [-0.39, 0.29) is 5.41 Å². The second-order valence-corrected chi connectivity index (χ2v) is 5.34. The molecule has 2 rings (SSSR count). The topological polar surface area (TPSA) is 29.5 Å². The van der Waals surface area contributed by atoms with Crippen LogP contribution in [0.2, 0.25) is 0 Å². The zero-order chi connectivity index (χ0) is 10.9. The number of carbonyl (C=O) groups excluding carboxylic acids is 1. The van der Waals surface area contributed by atoms with Crippen molar-refractivity contribution < 1.29 is 9.53 Å². The van der Waals surface area contributed by atoms with E-state index in [4.69, 9.17) is 4.74 Å². The zero-order valence-electron chi connectivity index (χ0n) is 9.79. The van der Waals surface area contributed by atoms with E-state index in [1.807, 2.05) is 0 Å². The molecular formula is C12H21NO2. The van der Waals surface area contributed by atoms with Crippen molar-refractivity contribution in [1.82, 2.24) is 4.90 Å². The van der Waals surface area contributed by atoms with Crippen LogP contribution in [-0.2, 0) is 9.53 Å². The molecule has 0 aromatic heterocycles. The first-order chi connectivity index (χ1) is 7.12. The van der Waals surface area contributed by atoms with Crippen molar-refractivity contribution in [3.05, 3.63) is 0 Å². The molecular weight excluding hydrogens is 190 g/mol. The highest BCUT2D eigenvalue weighted by Crippen LogP contribution is 2.43. The Morgan fingerprint density at radius 1 is 1.53 bits per heavy atom. The van der Waals surface area contributed by atoms with Crippen LogP contribution in [0.25, 0.3) is 0 Å². The molecule has 0 spiro atoms. The lowest BCUT2D eigenvalue weighted by Gasteiger charge is -2.49. The van der Waals surface area contributed by atoms with E-state index in [2.05, 4.69) is 11.9 Å². The van der Waals surface area contributed by atoms with Crippen LogP contribution in [0.4, 0.5) is 0 Å². The van der Waals surface area contributed by atoms with E-state index >= 15 is 0 Å². The van der Waals surface area contributed by atoms with Crippen molar-refractivity contribution in [2.75, 3.05) is 33.4 Å². The van der Waals surface area contributed by atoms with E-state index in [0.717, 1.165) is 19.8 Å². The number of Topliss-reactive ketones (excluding diaryl/α,β-unsaturated/α-hetero) is 1. The van der Waals surface area contributed by atoms with Crippen LogP contribution in [0.15, 0.2) is 0 Å². The fraction of sp³-hybridized carbons (Fsp3) is 0.917. The largest absolute Gasteiger partial charge is 0.380 e. The Hall–Kier alpha value is -0.410. The van der Waals surface area contributed by atoms with Crippen molar-refractivity contribution in [2.45, 2.75) is 26.2 Å². The average molecular weight is 211 g/mol. The van der Waals surface area contributed by atoms with E-state index in [9.17, 15) is 4.79 Å². The Kier molecular flexibility index (Phi) is 3.12. The molecule has 15 heavy (non-hydrogen) atoms. The van der Waals surface area contributed by atoms with Gasteiger partial charge in [0, 0.05) is 18.4 Å². The molecule has 2 aliphatic heterocycles. The molecule has 0 bridgehead atoms. The summed E-state index contributed by atoms with van der Waals surface area (Å²) in [5.41, 5.74) is 0.181. The number of nitrogens with zero attached hydrogens (tertiary/aromatic N) is 1. The van der Waals surface area contributed by atoms with Gasteiger partial charge in [-0.1, -0.05) is 0 Å². The third-order valence-corrected chi connectivity index (χ3v) is 3.87. The van der Waals surface area contributed by atoms with E-state index < -0.39 is 0 Å².